The van der Waals surface area contributed by atoms with Crippen molar-refractivity contribution in [3.05, 3.63) is 59.2 Å². The molecular weight excluding hydrogens is 256 g/mol. The van der Waals surface area contributed by atoms with Crippen molar-refractivity contribution >= 4 is 11.9 Å². The Morgan fingerprint density at radius 3 is 2.30 bits per heavy atom. The van der Waals surface area contributed by atoms with E-state index in [0.29, 0.717) is 5.56 Å². The molecule has 0 spiro atoms. The smallest absolute Gasteiger partial charge is 0.337 e. The molecule has 0 aliphatic rings. The third kappa shape index (κ3) is 2.69. The Hall–Kier alpha value is -2.62. The van der Waals surface area contributed by atoms with Crippen LogP contribution in [0.1, 0.15) is 26.3 Å². The lowest BCUT2D eigenvalue weighted by atomic mass is 9.96. The predicted molar refractivity (Wildman–Crippen MR) is 74.9 cm³/mol. The molecule has 4 heteroatoms. The number of carbonyl (C=O) groups excluding carboxylic acids is 1. The molecule has 2 aromatic rings. The first-order valence-electron chi connectivity index (χ1n) is 6.05. The minimum atomic E-state index is -1.08. The van der Waals surface area contributed by atoms with Crippen LogP contribution in [-0.2, 0) is 4.74 Å². The van der Waals surface area contributed by atoms with Crippen LogP contribution in [0.15, 0.2) is 42.5 Å². The highest BCUT2D eigenvalue weighted by Crippen LogP contribution is 2.26. The maximum atomic E-state index is 11.6. The van der Waals surface area contributed by atoms with Gasteiger partial charge in [-0.15, -0.1) is 0 Å². The Kier molecular flexibility index (Phi) is 3.84. The number of aryl methyl sites for hydroxylation is 1. The number of hydrogen-bond acceptors (Lipinski definition) is 3. The SMILES string of the molecule is COC(=O)c1cc(C(=O)O)cc(-c2ccccc2C)c1. The molecule has 0 radical (unpaired) electrons. The summed E-state index contributed by atoms with van der Waals surface area (Å²) in [6.45, 7) is 1.93. The van der Waals surface area contributed by atoms with Crippen LogP contribution in [0.3, 0.4) is 0 Å². The highest BCUT2D eigenvalue weighted by Gasteiger charge is 2.14. The molecule has 1 N–H and O–H groups in total. The average Bonchev–Trinajstić information content (AvgIpc) is 2.46. The highest BCUT2D eigenvalue weighted by atomic mass is 16.5. The van der Waals surface area contributed by atoms with Crippen LogP contribution in [0, 0.1) is 6.92 Å². The zero-order chi connectivity index (χ0) is 14.7. The number of carboxylic acids is 1. The second kappa shape index (κ2) is 5.57. The molecule has 2 aromatic carbocycles. The van der Waals surface area contributed by atoms with Gasteiger partial charge in [-0.1, -0.05) is 24.3 Å². The largest absolute Gasteiger partial charge is 0.478 e. The van der Waals surface area contributed by atoms with E-state index in [1.54, 1.807) is 12.1 Å². The molecule has 4 nitrogen and oxygen atoms in total. The van der Waals surface area contributed by atoms with Crippen molar-refractivity contribution < 1.29 is 19.4 Å². The fraction of sp³-hybridized carbons (Fsp3) is 0.125. The summed E-state index contributed by atoms with van der Waals surface area (Å²) in [7, 11) is 1.27. The van der Waals surface area contributed by atoms with E-state index < -0.39 is 11.9 Å². The number of aromatic carboxylic acids is 1. The first-order valence-corrected chi connectivity index (χ1v) is 6.05. The zero-order valence-electron chi connectivity index (χ0n) is 11.2. The van der Waals surface area contributed by atoms with E-state index in [0.717, 1.165) is 11.1 Å². The minimum Gasteiger partial charge on any atom is -0.478 e. The van der Waals surface area contributed by atoms with Gasteiger partial charge in [0.25, 0.3) is 0 Å². The van der Waals surface area contributed by atoms with Gasteiger partial charge in [0.1, 0.15) is 0 Å². The molecule has 20 heavy (non-hydrogen) atoms. The van der Waals surface area contributed by atoms with E-state index in [4.69, 9.17) is 5.11 Å². The lowest BCUT2D eigenvalue weighted by Gasteiger charge is -2.09. The van der Waals surface area contributed by atoms with Crippen LogP contribution in [0.2, 0.25) is 0 Å². The van der Waals surface area contributed by atoms with Gasteiger partial charge in [0.05, 0.1) is 18.2 Å². The first kappa shape index (κ1) is 13.8. The van der Waals surface area contributed by atoms with Gasteiger partial charge < -0.3 is 9.84 Å². The van der Waals surface area contributed by atoms with Gasteiger partial charge >= 0.3 is 11.9 Å². The fourth-order valence-corrected chi connectivity index (χ4v) is 2.04. The number of methoxy groups -OCH3 is 1. The molecule has 0 fully saturated rings. The lowest BCUT2D eigenvalue weighted by Crippen LogP contribution is -2.05. The van der Waals surface area contributed by atoms with Crippen molar-refractivity contribution in [3.8, 4) is 11.1 Å². The molecule has 0 atom stereocenters. The summed E-state index contributed by atoms with van der Waals surface area (Å²) in [6, 6.07) is 12.1. The van der Waals surface area contributed by atoms with Crippen molar-refractivity contribution in [2.75, 3.05) is 7.11 Å². The second-order valence-electron chi connectivity index (χ2n) is 4.41. The Morgan fingerprint density at radius 1 is 1.05 bits per heavy atom. The van der Waals surface area contributed by atoms with Crippen molar-refractivity contribution in [2.45, 2.75) is 6.92 Å². The average molecular weight is 270 g/mol. The molecule has 0 aromatic heterocycles. The van der Waals surface area contributed by atoms with Crippen LogP contribution < -0.4 is 0 Å². The maximum absolute atomic E-state index is 11.6. The van der Waals surface area contributed by atoms with Gasteiger partial charge in [-0.05, 0) is 41.8 Å². The summed E-state index contributed by atoms with van der Waals surface area (Å²) in [5, 5.41) is 9.15. The normalized spacial score (nSPS) is 10.1. The van der Waals surface area contributed by atoms with Gasteiger partial charge in [0.2, 0.25) is 0 Å². The minimum absolute atomic E-state index is 0.0613. The molecule has 0 aliphatic carbocycles. The Labute approximate surface area is 116 Å². The number of ether oxygens (including phenoxy) is 1. The van der Waals surface area contributed by atoms with Crippen molar-refractivity contribution in [2.24, 2.45) is 0 Å². The summed E-state index contributed by atoms with van der Waals surface area (Å²) in [5.41, 5.74) is 2.87. The van der Waals surface area contributed by atoms with Crippen molar-refractivity contribution in [1.29, 1.82) is 0 Å². The third-order valence-electron chi connectivity index (χ3n) is 3.06. The Morgan fingerprint density at radius 2 is 1.70 bits per heavy atom. The van der Waals surface area contributed by atoms with Gasteiger partial charge in [-0.3, -0.25) is 0 Å². The maximum Gasteiger partial charge on any atom is 0.337 e. The van der Waals surface area contributed by atoms with E-state index in [2.05, 4.69) is 4.74 Å². The molecule has 0 amide bonds. The monoisotopic (exact) mass is 270 g/mol. The van der Waals surface area contributed by atoms with E-state index in [1.807, 2.05) is 31.2 Å². The molecule has 102 valence electrons. The molecule has 0 aliphatic heterocycles. The summed E-state index contributed by atoms with van der Waals surface area (Å²) < 4.78 is 4.66. The van der Waals surface area contributed by atoms with Gasteiger partial charge in [0, 0.05) is 0 Å². The molecule has 0 saturated carbocycles. The predicted octanol–water partition coefficient (Wildman–Crippen LogP) is 3.15. The number of carbonyl (C=O) groups is 2. The molecule has 0 heterocycles. The molecule has 0 bridgehead atoms. The van der Waals surface area contributed by atoms with Crippen LogP contribution >= 0.6 is 0 Å². The van der Waals surface area contributed by atoms with Crippen molar-refractivity contribution in [3.63, 3.8) is 0 Å². The van der Waals surface area contributed by atoms with Gasteiger partial charge in [-0.2, -0.15) is 0 Å². The molecule has 0 saturated heterocycles. The standard InChI is InChI=1S/C16H14O4/c1-10-5-3-4-6-14(10)11-7-12(15(17)18)9-13(8-11)16(19)20-2/h3-9H,1-2H3,(H,17,18). The number of rotatable bonds is 3. The van der Waals surface area contributed by atoms with Crippen molar-refractivity contribution in [1.82, 2.24) is 0 Å². The van der Waals surface area contributed by atoms with E-state index in [-0.39, 0.29) is 11.1 Å². The lowest BCUT2D eigenvalue weighted by molar-refractivity contribution is 0.0601. The van der Waals surface area contributed by atoms with E-state index in [1.165, 1.54) is 13.2 Å². The number of esters is 1. The Balaban J connectivity index is 2.64. The zero-order valence-corrected chi connectivity index (χ0v) is 11.2. The summed E-state index contributed by atoms with van der Waals surface area (Å²) >= 11 is 0. The number of hydrogen-bond donors (Lipinski definition) is 1. The quantitative estimate of drug-likeness (QED) is 0.870. The van der Waals surface area contributed by atoms with Crippen LogP contribution in [0.25, 0.3) is 11.1 Å². The number of benzene rings is 2. The van der Waals surface area contributed by atoms with E-state index in [9.17, 15) is 9.59 Å². The molecular formula is C16H14O4. The van der Waals surface area contributed by atoms with Gasteiger partial charge in [-0.25, -0.2) is 9.59 Å². The van der Waals surface area contributed by atoms with Gasteiger partial charge in [0.15, 0.2) is 0 Å². The molecule has 2 rings (SSSR count). The Bertz CT molecular complexity index is 674. The molecule has 0 unspecified atom stereocenters. The number of carboxylic acid groups (broad SMARTS) is 1. The summed E-state index contributed by atoms with van der Waals surface area (Å²) in [4.78, 5) is 22.8. The van der Waals surface area contributed by atoms with Crippen LogP contribution in [-0.4, -0.2) is 24.2 Å². The highest BCUT2D eigenvalue weighted by molar-refractivity contribution is 5.97. The topological polar surface area (TPSA) is 63.6 Å². The third-order valence-corrected chi connectivity index (χ3v) is 3.06. The first-order chi connectivity index (χ1) is 9.52. The van der Waals surface area contributed by atoms with Crippen LogP contribution in [0.5, 0.6) is 0 Å². The summed E-state index contributed by atoms with van der Waals surface area (Å²) in [5.74, 6) is -1.63. The summed E-state index contributed by atoms with van der Waals surface area (Å²) in [6.07, 6.45) is 0. The van der Waals surface area contributed by atoms with E-state index >= 15 is 0 Å². The second-order valence-corrected chi connectivity index (χ2v) is 4.41. The fourth-order valence-electron chi connectivity index (χ4n) is 2.04. The van der Waals surface area contributed by atoms with Crippen LogP contribution in [0.4, 0.5) is 0 Å².